The third-order valence-corrected chi connectivity index (χ3v) is 2.85. The minimum atomic E-state index is 0.425. The lowest BCUT2D eigenvalue weighted by atomic mass is 10.2. The summed E-state index contributed by atoms with van der Waals surface area (Å²) in [7, 11) is 4.88. The molecular weight excluding hydrogens is 246 g/mol. The Kier molecular flexibility index (Phi) is 4.11. The van der Waals surface area contributed by atoms with Gasteiger partial charge in [0.1, 0.15) is 6.73 Å². The molecule has 0 saturated carbocycles. The van der Waals surface area contributed by atoms with Crippen molar-refractivity contribution in [3.63, 3.8) is 0 Å². The molecule has 19 heavy (non-hydrogen) atoms. The number of fused-ring (bicyclic) bond motifs is 1. The molecule has 1 N–H and O–H groups in total. The van der Waals surface area contributed by atoms with Crippen LogP contribution in [0.1, 0.15) is 6.92 Å². The summed E-state index contributed by atoms with van der Waals surface area (Å²) in [5.41, 5.74) is 1.78. The third kappa shape index (κ3) is 2.44. The van der Waals surface area contributed by atoms with Crippen molar-refractivity contribution in [3.05, 3.63) is 12.1 Å². The second-order valence-electron chi connectivity index (χ2n) is 4.01. The van der Waals surface area contributed by atoms with Gasteiger partial charge in [0.05, 0.1) is 25.3 Å². The number of hydrogen-bond donors (Lipinski definition) is 1. The molecule has 2 aromatic rings. The number of rotatable bonds is 6. The number of anilines is 1. The maximum Gasteiger partial charge on any atom is 0.205 e. The zero-order valence-corrected chi connectivity index (χ0v) is 11.7. The van der Waals surface area contributed by atoms with Crippen LogP contribution < -0.4 is 14.8 Å². The van der Waals surface area contributed by atoms with Crippen LogP contribution in [0.5, 0.6) is 11.5 Å². The van der Waals surface area contributed by atoms with Crippen LogP contribution >= 0.6 is 0 Å². The number of hydrogen-bond acceptors (Lipinski definition) is 5. The van der Waals surface area contributed by atoms with Crippen LogP contribution in [-0.4, -0.2) is 37.4 Å². The van der Waals surface area contributed by atoms with E-state index < -0.39 is 0 Å². The van der Waals surface area contributed by atoms with Crippen LogP contribution in [0.2, 0.25) is 0 Å². The van der Waals surface area contributed by atoms with E-state index in [9.17, 15) is 0 Å². The number of benzene rings is 1. The summed E-state index contributed by atoms with van der Waals surface area (Å²) in [6, 6.07) is 3.77. The molecule has 0 fully saturated rings. The molecule has 0 unspecified atom stereocenters. The SMILES string of the molecule is CCNc1nc2cc(OC)c(OC)cc2n1COC. The zero-order chi connectivity index (χ0) is 13.8. The highest BCUT2D eigenvalue weighted by atomic mass is 16.5. The fourth-order valence-electron chi connectivity index (χ4n) is 2.00. The molecule has 0 aliphatic rings. The van der Waals surface area contributed by atoms with Crippen molar-refractivity contribution in [2.45, 2.75) is 13.7 Å². The third-order valence-electron chi connectivity index (χ3n) is 2.85. The number of nitrogens with one attached hydrogen (secondary N) is 1. The molecule has 6 heteroatoms. The molecule has 1 aromatic heterocycles. The van der Waals surface area contributed by atoms with Gasteiger partial charge in [0.25, 0.3) is 0 Å². The van der Waals surface area contributed by atoms with Gasteiger partial charge in [-0.3, -0.25) is 4.57 Å². The Balaban J connectivity index is 2.62. The number of aromatic nitrogens is 2. The van der Waals surface area contributed by atoms with E-state index in [0.29, 0.717) is 18.2 Å². The Morgan fingerprint density at radius 2 is 1.84 bits per heavy atom. The Bertz CT molecular complexity index is 566. The maximum atomic E-state index is 5.32. The number of imidazole rings is 1. The van der Waals surface area contributed by atoms with E-state index in [1.807, 2.05) is 23.6 Å². The molecule has 0 atom stereocenters. The summed E-state index contributed by atoms with van der Waals surface area (Å²) in [5.74, 6) is 2.12. The van der Waals surface area contributed by atoms with Crippen molar-refractivity contribution in [2.24, 2.45) is 0 Å². The summed E-state index contributed by atoms with van der Waals surface area (Å²) < 4.78 is 17.8. The van der Waals surface area contributed by atoms with E-state index in [-0.39, 0.29) is 0 Å². The van der Waals surface area contributed by atoms with Crippen molar-refractivity contribution >= 4 is 17.0 Å². The van der Waals surface area contributed by atoms with E-state index in [0.717, 1.165) is 23.5 Å². The van der Waals surface area contributed by atoms with Crippen LogP contribution in [0.15, 0.2) is 12.1 Å². The molecule has 0 aliphatic heterocycles. The van der Waals surface area contributed by atoms with Gasteiger partial charge in [0.15, 0.2) is 11.5 Å². The second-order valence-corrected chi connectivity index (χ2v) is 4.01. The summed E-state index contributed by atoms with van der Waals surface area (Å²) in [6.45, 7) is 3.24. The molecule has 0 aliphatic carbocycles. The molecule has 0 saturated heterocycles. The molecule has 0 spiro atoms. The van der Waals surface area contributed by atoms with Crippen molar-refractivity contribution in [2.75, 3.05) is 33.2 Å². The molecular formula is C13H19N3O3. The highest BCUT2D eigenvalue weighted by Crippen LogP contribution is 2.33. The van der Waals surface area contributed by atoms with Gasteiger partial charge >= 0.3 is 0 Å². The van der Waals surface area contributed by atoms with Crippen LogP contribution in [0.25, 0.3) is 11.0 Å². The van der Waals surface area contributed by atoms with Gasteiger partial charge in [0, 0.05) is 25.8 Å². The lowest BCUT2D eigenvalue weighted by Gasteiger charge is -2.10. The monoisotopic (exact) mass is 265 g/mol. The first kappa shape index (κ1) is 13.5. The molecule has 104 valence electrons. The number of nitrogens with zero attached hydrogens (tertiary/aromatic N) is 2. The first-order valence-electron chi connectivity index (χ1n) is 6.10. The summed E-state index contributed by atoms with van der Waals surface area (Å²) >= 11 is 0. The van der Waals surface area contributed by atoms with Gasteiger partial charge in [-0.25, -0.2) is 4.98 Å². The van der Waals surface area contributed by atoms with Crippen LogP contribution in [0, 0.1) is 0 Å². The van der Waals surface area contributed by atoms with E-state index in [2.05, 4.69) is 10.3 Å². The van der Waals surface area contributed by atoms with Crippen molar-refractivity contribution in [3.8, 4) is 11.5 Å². The van der Waals surface area contributed by atoms with E-state index in [4.69, 9.17) is 14.2 Å². The molecule has 6 nitrogen and oxygen atoms in total. The molecule has 2 rings (SSSR count). The number of ether oxygens (including phenoxy) is 3. The number of methoxy groups -OCH3 is 3. The fourth-order valence-corrected chi connectivity index (χ4v) is 2.00. The minimum absolute atomic E-state index is 0.425. The van der Waals surface area contributed by atoms with Gasteiger partial charge in [-0.1, -0.05) is 0 Å². The van der Waals surface area contributed by atoms with Crippen LogP contribution in [0.4, 0.5) is 5.95 Å². The quantitative estimate of drug-likeness (QED) is 0.866. The summed E-state index contributed by atoms with van der Waals surface area (Å²) in [4.78, 5) is 4.54. The van der Waals surface area contributed by atoms with Crippen LogP contribution in [-0.2, 0) is 11.5 Å². The first-order valence-corrected chi connectivity index (χ1v) is 6.10. The van der Waals surface area contributed by atoms with Crippen LogP contribution in [0.3, 0.4) is 0 Å². The predicted molar refractivity (Wildman–Crippen MR) is 74.0 cm³/mol. The van der Waals surface area contributed by atoms with E-state index in [1.54, 1.807) is 21.3 Å². The average Bonchev–Trinajstić information content (AvgIpc) is 2.75. The van der Waals surface area contributed by atoms with Crippen molar-refractivity contribution in [1.29, 1.82) is 0 Å². The van der Waals surface area contributed by atoms with Crippen molar-refractivity contribution < 1.29 is 14.2 Å². The minimum Gasteiger partial charge on any atom is -0.493 e. The molecule has 1 heterocycles. The lowest BCUT2D eigenvalue weighted by Crippen LogP contribution is -2.08. The Morgan fingerprint density at radius 1 is 1.16 bits per heavy atom. The lowest BCUT2D eigenvalue weighted by molar-refractivity contribution is 0.136. The van der Waals surface area contributed by atoms with Gasteiger partial charge in [-0.05, 0) is 6.92 Å². The standard InChI is InChI=1S/C13H19N3O3/c1-5-14-13-15-9-6-11(18-3)12(19-4)7-10(9)16(13)8-17-2/h6-7H,5,8H2,1-4H3,(H,14,15). The smallest absolute Gasteiger partial charge is 0.205 e. The molecule has 0 amide bonds. The Labute approximate surface area is 112 Å². The van der Waals surface area contributed by atoms with Gasteiger partial charge in [-0.2, -0.15) is 0 Å². The Morgan fingerprint density at radius 3 is 2.42 bits per heavy atom. The summed E-state index contributed by atoms with van der Waals surface area (Å²) in [6.07, 6.45) is 0. The average molecular weight is 265 g/mol. The molecule has 0 radical (unpaired) electrons. The van der Waals surface area contributed by atoms with E-state index in [1.165, 1.54) is 0 Å². The van der Waals surface area contributed by atoms with Gasteiger partial charge in [0.2, 0.25) is 5.95 Å². The zero-order valence-electron chi connectivity index (χ0n) is 11.7. The molecule has 0 bridgehead atoms. The highest BCUT2D eigenvalue weighted by Gasteiger charge is 2.14. The Hall–Kier alpha value is -1.95. The highest BCUT2D eigenvalue weighted by molar-refractivity contribution is 5.82. The fraction of sp³-hybridized carbons (Fsp3) is 0.462. The first-order chi connectivity index (χ1) is 9.24. The maximum absolute atomic E-state index is 5.32. The second kappa shape index (κ2) is 5.79. The summed E-state index contributed by atoms with van der Waals surface area (Å²) in [5, 5.41) is 3.22. The normalized spacial score (nSPS) is 10.7. The van der Waals surface area contributed by atoms with Gasteiger partial charge in [-0.15, -0.1) is 0 Å². The topological polar surface area (TPSA) is 57.5 Å². The predicted octanol–water partition coefficient (Wildman–Crippen LogP) is 2.09. The molecule has 1 aromatic carbocycles. The van der Waals surface area contributed by atoms with Gasteiger partial charge < -0.3 is 19.5 Å². The van der Waals surface area contributed by atoms with Crippen molar-refractivity contribution in [1.82, 2.24) is 9.55 Å². The largest absolute Gasteiger partial charge is 0.493 e. The van der Waals surface area contributed by atoms with E-state index >= 15 is 0 Å².